The number of hydrogen-bond acceptors (Lipinski definition) is 5. The maximum Gasteiger partial charge on any atom is 0.123 e. The fraction of sp³-hybridized carbons (Fsp3) is 0.514. The van der Waals surface area contributed by atoms with Crippen molar-refractivity contribution in [3.05, 3.63) is 94.6 Å². The highest BCUT2D eigenvalue weighted by Gasteiger charge is 2.27. The molecule has 0 saturated carbocycles. The number of thioether (sulfide) groups is 1. The van der Waals surface area contributed by atoms with Gasteiger partial charge in [-0.2, -0.15) is 0 Å². The van der Waals surface area contributed by atoms with E-state index in [1.807, 2.05) is 24.3 Å². The van der Waals surface area contributed by atoms with Gasteiger partial charge in [0, 0.05) is 60.4 Å². The number of rotatable bonds is 11. The van der Waals surface area contributed by atoms with Crippen molar-refractivity contribution in [3.8, 4) is 5.75 Å². The second-order valence-electron chi connectivity index (χ2n) is 14.3. The van der Waals surface area contributed by atoms with Crippen molar-refractivity contribution in [2.45, 2.75) is 82.1 Å². The molecule has 4 rings (SSSR count). The molecule has 1 unspecified atom stereocenters. The molecule has 1 aliphatic rings. The molecule has 0 spiro atoms. The summed E-state index contributed by atoms with van der Waals surface area (Å²) < 4.78 is 27.1. The number of phenols is 1. The van der Waals surface area contributed by atoms with Gasteiger partial charge in [-0.25, -0.2) is 8.78 Å². The lowest BCUT2D eigenvalue weighted by Crippen LogP contribution is -2.49. The zero-order valence-electron chi connectivity index (χ0n) is 27.2. The minimum Gasteiger partial charge on any atom is -0.507 e. The molecule has 1 fully saturated rings. The van der Waals surface area contributed by atoms with Gasteiger partial charge < -0.3 is 15.1 Å². The minimum absolute atomic E-state index is 0.0951. The normalized spacial score (nSPS) is 16.0. The Labute approximate surface area is 267 Å². The lowest BCUT2D eigenvalue weighted by atomic mass is 9.79. The van der Waals surface area contributed by atoms with E-state index in [2.05, 4.69) is 63.5 Å². The SMILES string of the molecule is CC(C)(C)c1cc(SCC(O)CN2CCN(CCCC(c3ccc(F)cc3)c3ccc(F)cc3)CC2)cc(C(C)(C)C)c1O. The van der Waals surface area contributed by atoms with E-state index in [1.165, 1.54) is 24.3 Å². The molecular formula is C37H50F2N2O2S. The Morgan fingerprint density at radius 2 is 1.20 bits per heavy atom. The topological polar surface area (TPSA) is 46.9 Å². The Kier molecular flexibility index (Phi) is 11.5. The Morgan fingerprint density at radius 1 is 0.750 bits per heavy atom. The molecule has 1 saturated heterocycles. The first-order valence-corrected chi connectivity index (χ1v) is 16.8. The maximum atomic E-state index is 13.6. The van der Waals surface area contributed by atoms with E-state index >= 15 is 0 Å². The average molecular weight is 625 g/mol. The molecule has 4 nitrogen and oxygen atoms in total. The monoisotopic (exact) mass is 624 g/mol. The van der Waals surface area contributed by atoms with Crippen molar-refractivity contribution in [2.24, 2.45) is 0 Å². The minimum atomic E-state index is -0.441. The zero-order valence-corrected chi connectivity index (χ0v) is 28.1. The van der Waals surface area contributed by atoms with Gasteiger partial charge >= 0.3 is 0 Å². The van der Waals surface area contributed by atoms with Crippen molar-refractivity contribution in [2.75, 3.05) is 45.0 Å². The largest absolute Gasteiger partial charge is 0.507 e. The van der Waals surface area contributed by atoms with Gasteiger partial charge in [0.1, 0.15) is 17.4 Å². The number of piperazine rings is 1. The highest BCUT2D eigenvalue weighted by atomic mass is 32.2. The van der Waals surface area contributed by atoms with Crippen molar-refractivity contribution in [1.29, 1.82) is 0 Å². The van der Waals surface area contributed by atoms with Gasteiger partial charge in [0.15, 0.2) is 0 Å². The number of β-amino-alcohol motifs (C(OH)–C–C–N with tert-alkyl or cyclic N) is 1. The Hall–Kier alpha value is -2.45. The van der Waals surface area contributed by atoms with Crippen LogP contribution in [0.5, 0.6) is 5.75 Å². The standard InChI is InChI=1S/C37H50F2N2O2S/c1-36(2,3)33-22-31(23-34(35(33)43)37(4,5)6)44-25-30(42)24-41-20-18-40(19-21-41)17-7-8-32(26-9-13-28(38)14-10-26)27-11-15-29(39)16-12-27/h9-16,22-23,30,32,42-43H,7-8,17-21,24-25H2,1-6H3. The number of benzene rings is 3. The number of aromatic hydroxyl groups is 1. The zero-order chi connectivity index (χ0) is 32.1. The molecule has 1 atom stereocenters. The number of halogens is 2. The molecule has 7 heteroatoms. The quantitative estimate of drug-likeness (QED) is 0.212. The van der Waals surface area contributed by atoms with Crippen LogP contribution in [0.15, 0.2) is 65.6 Å². The van der Waals surface area contributed by atoms with Crippen molar-refractivity contribution < 1.29 is 19.0 Å². The van der Waals surface area contributed by atoms with E-state index < -0.39 is 6.10 Å². The van der Waals surface area contributed by atoms with Gasteiger partial charge in [-0.05, 0) is 77.7 Å². The summed E-state index contributed by atoms with van der Waals surface area (Å²) in [6.07, 6.45) is 1.44. The summed E-state index contributed by atoms with van der Waals surface area (Å²) >= 11 is 1.66. The molecule has 1 aliphatic heterocycles. The molecule has 0 radical (unpaired) electrons. The third kappa shape index (κ3) is 9.53. The molecule has 0 aromatic heterocycles. The van der Waals surface area contributed by atoms with Crippen LogP contribution in [0.2, 0.25) is 0 Å². The molecule has 0 amide bonds. The van der Waals surface area contributed by atoms with Crippen LogP contribution in [0.1, 0.15) is 82.6 Å². The number of aliphatic hydroxyl groups excluding tert-OH is 1. The summed E-state index contributed by atoms with van der Waals surface area (Å²) in [6.45, 7) is 18.1. The molecule has 2 N–H and O–H groups in total. The number of hydrogen-bond donors (Lipinski definition) is 2. The lowest BCUT2D eigenvalue weighted by Gasteiger charge is -2.35. The molecule has 3 aromatic carbocycles. The molecule has 0 bridgehead atoms. The first-order valence-electron chi connectivity index (χ1n) is 15.8. The van der Waals surface area contributed by atoms with E-state index in [4.69, 9.17) is 0 Å². The van der Waals surface area contributed by atoms with Gasteiger partial charge in [0.25, 0.3) is 0 Å². The molecular weight excluding hydrogens is 574 g/mol. The highest BCUT2D eigenvalue weighted by Crippen LogP contribution is 2.42. The van der Waals surface area contributed by atoms with E-state index in [0.717, 1.165) is 72.7 Å². The smallest absolute Gasteiger partial charge is 0.123 e. The summed E-state index contributed by atoms with van der Waals surface area (Å²) in [5.41, 5.74) is 3.63. The van der Waals surface area contributed by atoms with Crippen LogP contribution in [0.3, 0.4) is 0 Å². The second kappa shape index (κ2) is 14.8. The van der Waals surface area contributed by atoms with E-state index in [-0.39, 0.29) is 28.4 Å². The average Bonchev–Trinajstić information content (AvgIpc) is 2.96. The number of aliphatic hydroxyl groups is 1. The van der Waals surface area contributed by atoms with Crippen LogP contribution >= 0.6 is 11.8 Å². The fourth-order valence-electron chi connectivity index (χ4n) is 6.01. The van der Waals surface area contributed by atoms with Crippen molar-refractivity contribution in [1.82, 2.24) is 9.80 Å². The fourth-order valence-corrected chi connectivity index (χ4v) is 6.90. The first kappa shape index (κ1) is 34.4. The van der Waals surface area contributed by atoms with Crippen LogP contribution in [0, 0.1) is 11.6 Å². The molecule has 0 aliphatic carbocycles. The van der Waals surface area contributed by atoms with Gasteiger partial charge in [-0.15, -0.1) is 11.8 Å². The van der Waals surface area contributed by atoms with Crippen molar-refractivity contribution in [3.63, 3.8) is 0 Å². The van der Waals surface area contributed by atoms with Gasteiger partial charge in [-0.1, -0.05) is 65.8 Å². The first-order chi connectivity index (χ1) is 20.7. The second-order valence-corrected chi connectivity index (χ2v) is 15.4. The summed E-state index contributed by atoms with van der Waals surface area (Å²) in [4.78, 5) is 5.91. The van der Waals surface area contributed by atoms with E-state index in [0.29, 0.717) is 18.0 Å². The van der Waals surface area contributed by atoms with Crippen LogP contribution in [-0.2, 0) is 10.8 Å². The summed E-state index contributed by atoms with van der Waals surface area (Å²) in [6, 6.07) is 17.5. The predicted octanol–water partition coefficient (Wildman–Crippen LogP) is 7.95. The summed E-state index contributed by atoms with van der Waals surface area (Å²) in [5.74, 6) is 0.578. The maximum absolute atomic E-state index is 13.6. The predicted molar refractivity (Wildman–Crippen MR) is 179 cm³/mol. The van der Waals surface area contributed by atoms with Crippen molar-refractivity contribution >= 4 is 11.8 Å². The molecule has 3 aromatic rings. The Balaban J connectivity index is 1.25. The molecule has 240 valence electrons. The Morgan fingerprint density at radius 3 is 1.66 bits per heavy atom. The third-order valence-corrected chi connectivity index (χ3v) is 9.71. The van der Waals surface area contributed by atoms with Crippen LogP contribution in [0.4, 0.5) is 8.78 Å². The molecule has 1 heterocycles. The highest BCUT2D eigenvalue weighted by molar-refractivity contribution is 7.99. The number of nitrogens with zero attached hydrogens (tertiary/aromatic N) is 2. The third-order valence-electron chi connectivity index (χ3n) is 8.59. The van der Waals surface area contributed by atoms with E-state index in [9.17, 15) is 19.0 Å². The summed E-state index contributed by atoms with van der Waals surface area (Å²) in [5, 5.41) is 21.9. The van der Waals surface area contributed by atoms with Gasteiger partial charge in [-0.3, -0.25) is 4.90 Å². The molecule has 44 heavy (non-hydrogen) atoms. The van der Waals surface area contributed by atoms with Crippen LogP contribution in [-0.4, -0.2) is 71.1 Å². The van der Waals surface area contributed by atoms with Gasteiger partial charge in [0.2, 0.25) is 0 Å². The van der Waals surface area contributed by atoms with Gasteiger partial charge in [0.05, 0.1) is 6.10 Å². The summed E-state index contributed by atoms with van der Waals surface area (Å²) in [7, 11) is 0. The van der Waals surface area contributed by atoms with Crippen LogP contribution < -0.4 is 0 Å². The van der Waals surface area contributed by atoms with Crippen LogP contribution in [0.25, 0.3) is 0 Å². The number of phenolic OH excluding ortho intramolecular Hbond substituents is 1. The Bertz CT molecular complexity index is 1260. The van der Waals surface area contributed by atoms with E-state index in [1.54, 1.807) is 11.8 Å². The lowest BCUT2D eigenvalue weighted by molar-refractivity contribution is 0.0819.